The molecule has 0 bridgehead atoms. The molecule has 0 radical (unpaired) electrons. The Labute approximate surface area is 105 Å². The third-order valence-corrected chi connectivity index (χ3v) is 4.33. The van der Waals surface area contributed by atoms with Crippen molar-refractivity contribution in [3.63, 3.8) is 0 Å². The van der Waals surface area contributed by atoms with Crippen molar-refractivity contribution < 1.29 is 5.11 Å². The van der Waals surface area contributed by atoms with Crippen molar-refractivity contribution in [2.75, 3.05) is 0 Å². The summed E-state index contributed by atoms with van der Waals surface area (Å²) in [4.78, 5) is 0. The lowest BCUT2D eigenvalue weighted by molar-refractivity contribution is -0.0860. The van der Waals surface area contributed by atoms with Crippen LogP contribution in [0.15, 0.2) is 18.2 Å². The van der Waals surface area contributed by atoms with E-state index in [2.05, 4.69) is 45.9 Å². The zero-order valence-corrected chi connectivity index (χ0v) is 11.5. The van der Waals surface area contributed by atoms with Gasteiger partial charge in [-0.2, -0.15) is 0 Å². The van der Waals surface area contributed by atoms with E-state index in [1.165, 1.54) is 16.7 Å². The number of benzene rings is 1. The largest absolute Gasteiger partial charge is 0.390 e. The summed E-state index contributed by atoms with van der Waals surface area (Å²) in [5.41, 5.74) is 3.49. The molecule has 0 aromatic heterocycles. The molecular formula is C16H24O. The molecule has 1 saturated carbocycles. The summed E-state index contributed by atoms with van der Waals surface area (Å²) >= 11 is 0. The van der Waals surface area contributed by atoms with Crippen molar-refractivity contribution in [1.82, 2.24) is 0 Å². The number of rotatable bonds is 3. The van der Waals surface area contributed by atoms with Gasteiger partial charge in [-0.3, -0.25) is 0 Å². The van der Waals surface area contributed by atoms with E-state index in [1.807, 2.05) is 0 Å². The lowest BCUT2D eigenvalue weighted by Gasteiger charge is -2.46. The number of hydrogen-bond donors (Lipinski definition) is 1. The highest BCUT2D eigenvalue weighted by atomic mass is 16.3. The van der Waals surface area contributed by atoms with Crippen molar-refractivity contribution in [3.05, 3.63) is 34.9 Å². The second kappa shape index (κ2) is 4.45. The van der Waals surface area contributed by atoms with Gasteiger partial charge in [-0.05, 0) is 55.2 Å². The van der Waals surface area contributed by atoms with Gasteiger partial charge in [-0.1, -0.05) is 32.0 Å². The van der Waals surface area contributed by atoms with Gasteiger partial charge in [0.15, 0.2) is 0 Å². The molecule has 17 heavy (non-hydrogen) atoms. The third-order valence-electron chi connectivity index (χ3n) is 4.33. The van der Waals surface area contributed by atoms with Crippen molar-refractivity contribution in [2.24, 2.45) is 11.8 Å². The van der Waals surface area contributed by atoms with Gasteiger partial charge < -0.3 is 5.11 Å². The Morgan fingerprint density at radius 3 is 2.41 bits per heavy atom. The molecule has 1 aromatic carbocycles. The molecule has 1 fully saturated rings. The van der Waals surface area contributed by atoms with Crippen LogP contribution in [0.3, 0.4) is 0 Å². The average Bonchev–Trinajstić information content (AvgIpc) is 2.19. The van der Waals surface area contributed by atoms with Crippen LogP contribution in [0.25, 0.3) is 0 Å². The standard InChI is InChI=1S/C16H24O/c1-11(2)15-9-16(17,10-15)8-14-6-5-12(3)13(4)7-14/h5-7,11,15,17H,8-10H2,1-4H3. The average molecular weight is 232 g/mol. The molecule has 1 aliphatic carbocycles. The molecule has 1 aromatic rings. The van der Waals surface area contributed by atoms with Gasteiger partial charge in [-0.25, -0.2) is 0 Å². The van der Waals surface area contributed by atoms with Gasteiger partial charge in [-0.15, -0.1) is 0 Å². The van der Waals surface area contributed by atoms with E-state index in [4.69, 9.17) is 0 Å². The van der Waals surface area contributed by atoms with Gasteiger partial charge in [0.2, 0.25) is 0 Å². The van der Waals surface area contributed by atoms with Crippen molar-refractivity contribution >= 4 is 0 Å². The molecule has 0 spiro atoms. The maximum Gasteiger partial charge on any atom is 0.0693 e. The molecule has 0 unspecified atom stereocenters. The molecule has 0 atom stereocenters. The summed E-state index contributed by atoms with van der Waals surface area (Å²) in [6.07, 6.45) is 2.76. The SMILES string of the molecule is Cc1ccc(CC2(O)CC(C(C)C)C2)cc1C. The molecule has 0 heterocycles. The van der Waals surface area contributed by atoms with Crippen LogP contribution in [0.2, 0.25) is 0 Å². The Bertz CT molecular complexity index is 400. The summed E-state index contributed by atoms with van der Waals surface area (Å²) < 4.78 is 0. The minimum Gasteiger partial charge on any atom is -0.390 e. The van der Waals surface area contributed by atoms with Crippen molar-refractivity contribution in [3.8, 4) is 0 Å². The molecule has 0 aliphatic heterocycles. The number of aliphatic hydroxyl groups is 1. The molecule has 1 nitrogen and oxygen atoms in total. The van der Waals surface area contributed by atoms with E-state index in [1.54, 1.807) is 0 Å². The summed E-state index contributed by atoms with van der Waals surface area (Å²) in [5.74, 6) is 1.42. The first-order valence-corrected chi connectivity index (χ1v) is 6.68. The topological polar surface area (TPSA) is 20.2 Å². The van der Waals surface area contributed by atoms with Crippen LogP contribution in [0, 0.1) is 25.7 Å². The Morgan fingerprint density at radius 1 is 1.24 bits per heavy atom. The van der Waals surface area contributed by atoms with Crippen LogP contribution >= 0.6 is 0 Å². The minimum absolute atomic E-state index is 0.434. The van der Waals surface area contributed by atoms with Gasteiger partial charge in [0, 0.05) is 6.42 Å². The van der Waals surface area contributed by atoms with E-state index < -0.39 is 5.60 Å². The zero-order chi connectivity index (χ0) is 12.6. The molecule has 0 saturated heterocycles. The first-order chi connectivity index (χ1) is 7.89. The fraction of sp³-hybridized carbons (Fsp3) is 0.625. The van der Waals surface area contributed by atoms with E-state index in [0.29, 0.717) is 11.8 Å². The van der Waals surface area contributed by atoms with E-state index in [0.717, 1.165) is 19.3 Å². The highest BCUT2D eigenvalue weighted by molar-refractivity contribution is 5.31. The molecular weight excluding hydrogens is 208 g/mol. The maximum absolute atomic E-state index is 10.4. The van der Waals surface area contributed by atoms with Crippen LogP contribution in [0.5, 0.6) is 0 Å². The molecule has 1 heteroatoms. The predicted molar refractivity (Wildman–Crippen MR) is 72.1 cm³/mol. The van der Waals surface area contributed by atoms with Crippen LogP contribution in [0.1, 0.15) is 43.4 Å². The second-order valence-corrected chi connectivity index (χ2v) is 6.23. The third kappa shape index (κ3) is 2.71. The van der Waals surface area contributed by atoms with E-state index in [9.17, 15) is 5.11 Å². The summed E-state index contributed by atoms with van der Waals surface area (Å²) in [5, 5.41) is 10.4. The highest BCUT2D eigenvalue weighted by Crippen LogP contribution is 2.44. The van der Waals surface area contributed by atoms with Gasteiger partial charge >= 0.3 is 0 Å². The summed E-state index contributed by atoms with van der Waals surface area (Å²) in [6.45, 7) is 8.77. The van der Waals surface area contributed by atoms with Crippen molar-refractivity contribution in [2.45, 2.75) is 52.6 Å². The summed E-state index contributed by atoms with van der Waals surface area (Å²) in [6, 6.07) is 6.53. The predicted octanol–water partition coefficient (Wildman–Crippen LogP) is 3.64. The maximum atomic E-state index is 10.4. The number of hydrogen-bond acceptors (Lipinski definition) is 1. The lowest BCUT2D eigenvalue weighted by atomic mass is 9.64. The highest BCUT2D eigenvalue weighted by Gasteiger charge is 2.43. The molecule has 0 amide bonds. The molecule has 2 rings (SSSR count). The Hall–Kier alpha value is -0.820. The first kappa shape index (κ1) is 12.6. The van der Waals surface area contributed by atoms with Gasteiger partial charge in [0.05, 0.1) is 5.60 Å². The van der Waals surface area contributed by atoms with Crippen molar-refractivity contribution in [1.29, 1.82) is 0 Å². The Balaban J connectivity index is 2.00. The van der Waals surface area contributed by atoms with Gasteiger partial charge in [0.1, 0.15) is 0 Å². The fourth-order valence-corrected chi connectivity index (χ4v) is 2.83. The Morgan fingerprint density at radius 2 is 1.88 bits per heavy atom. The molecule has 1 aliphatic rings. The summed E-state index contributed by atoms with van der Waals surface area (Å²) in [7, 11) is 0. The van der Waals surface area contributed by atoms with Crippen LogP contribution < -0.4 is 0 Å². The van der Waals surface area contributed by atoms with Crippen LogP contribution in [-0.4, -0.2) is 10.7 Å². The quantitative estimate of drug-likeness (QED) is 0.843. The van der Waals surface area contributed by atoms with E-state index >= 15 is 0 Å². The normalized spacial score (nSPS) is 28.2. The van der Waals surface area contributed by atoms with Gasteiger partial charge in [0.25, 0.3) is 0 Å². The number of aryl methyl sites for hydroxylation is 2. The van der Waals surface area contributed by atoms with E-state index in [-0.39, 0.29) is 0 Å². The zero-order valence-electron chi connectivity index (χ0n) is 11.5. The lowest BCUT2D eigenvalue weighted by Crippen LogP contribution is -2.47. The Kier molecular flexibility index (Phi) is 3.31. The minimum atomic E-state index is -0.434. The first-order valence-electron chi connectivity index (χ1n) is 6.68. The second-order valence-electron chi connectivity index (χ2n) is 6.23. The van der Waals surface area contributed by atoms with Crippen LogP contribution in [-0.2, 0) is 6.42 Å². The monoisotopic (exact) mass is 232 g/mol. The smallest absolute Gasteiger partial charge is 0.0693 e. The van der Waals surface area contributed by atoms with Crippen LogP contribution in [0.4, 0.5) is 0 Å². The molecule has 1 N–H and O–H groups in total. The molecule has 94 valence electrons. The fourth-order valence-electron chi connectivity index (χ4n) is 2.83.